The second-order valence-corrected chi connectivity index (χ2v) is 5.05. The first kappa shape index (κ1) is 11.2. The summed E-state index contributed by atoms with van der Waals surface area (Å²) < 4.78 is 0. The molecular formula is C10H8ClN5OS. The van der Waals surface area contributed by atoms with E-state index in [4.69, 9.17) is 17.3 Å². The van der Waals surface area contributed by atoms with Crippen LogP contribution < -0.4 is 11.3 Å². The molecule has 0 fully saturated rings. The van der Waals surface area contributed by atoms with E-state index in [1.54, 1.807) is 0 Å². The molecule has 8 heteroatoms. The number of rotatable bonds is 1. The Kier molecular flexibility index (Phi) is 2.39. The van der Waals surface area contributed by atoms with Gasteiger partial charge >= 0.3 is 0 Å². The standard InChI is InChI=1S/C10H8ClN5OS/c1-3-2-18-6(4(3)11)8-13-5-7(14-8)15-10(12)16-9(5)17/h2H,1H3,(H4,12,13,14,15,16,17). The molecule has 4 N–H and O–H groups in total. The lowest BCUT2D eigenvalue weighted by molar-refractivity contribution is 1.17. The van der Waals surface area contributed by atoms with E-state index in [9.17, 15) is 4.79 Å². The van der Waals surface area contributed by atoms with Crippen LogP contribution in [0.1, 0.15) is 5.56 Å². The molecule has 0 radical (unpaired) electrons. The van der Waals surface area contributed by atoms with Crippen molar-refractivity contribution in [3.8, 4) is 10.7 Å². The Bertz CT molecular complexity index is 802. The number of imidazole rings is 1. The number of nitrogen functional groups attached to an aromatic ring is 1. The summed E-state index contributed by atoms with van der Waals surface area (Å²) in [6.45, 7) is 1.91. The molecule has 0 saturated heterocycles. The third kappa shape index (κ3) is 1.59. The molecule has 3 heterocycles. The van der Waals surface area contributed by atoms with Crippen LogP contribution in [0.15, 0.2) is 10.2 Å². The largest absolute Gasteiger partial charge is 0.369 e. The van der Waals surface area contributed by atoms with Gasteiger partial charge in [0, 0.05) is 0 Å². The third-order valence-electron chi connectivity index (χ3n) is 2.49. The number of anilines is 1. The molecule has 0 amide bonds. The SMILES string of the molecule is Cc1csc(-c2nc3nc(N)[nH]c(=O)c3[nH]2)c1Cl. The number of nitrogens with one attached hydrogen (secondary N) is 2. The van der Waals surface area contributed by atoms with E-state index in [1.807, 2.05) is 12.3 Å². The fraction of sp³-hybridized carbons (Fsp3) is 0.100. The van der Waals surface area contributed by atoms with Crippen molar-refractivity contribution in [2.24, 2.45) is 0 Å². The molecule has 0 atom stereocenters. The molecule has 3 aromatic heterocycles. The van der Waals surface area contributed by atoms with Crippen molar-refractivity contribution in [1.29, 1.82) is 0 Å². The summed E-state index contributed by atoms with van der Waals surface area (Å²) >= 11 is 7.62. The van der Waals surface area contributed by atoms with Crippen LogP contribution in [-0.2, 0) is 0 Å². The summed E-state index contributed by atoms with van der Waals surface area (Å²) in [5, 5.41) is 2.56. The van der Waals surface area contributed by atoms with Crippen LogP contribution in [-0.4, -0.2) is 19.9 Å². The second-order valence-electron chi connectivity index (χ2n) is 3.80. The molecule has 0 bridgehead atoms. The van der Waals surface area contributed by atoms with Gasteiger partial charge in [0.05, 0.1) is 9.90 Å². The molecule has 18 heavy (non-hydrogen) atoms. The lowest BCUT2D eigenvalue weighted by Crippen LogP contribution is -2.10. The van der Waals surface area contributed by atoms with Gasteiger partial charge in [0.2, 0.25) is 5.95 Å². The smallest absolute Gasteiger partial charge is 0.278 e. The molecule has 0 spiro atoms. The van der Waals surface area contributed by atoms with E-state index in [1.165, 1.54) is 11.3 Å². The Morgan fingerprint density at radius 1 is 1.39 bits per heavy atom. The molecule has 3 aromatic rings. The second kappa shape index (κ2) is 3.82. The molecule has 0 saturated carbocycles. The zero-order valence-corrected chi connectivity index (χ0v) is 10.8. The number of aromatic amines is 2. The van der Waals surface area contributed by atoms with Gasteiger partial charge in [0.1, 0.15) is 0 Å². The zero-order valence-electron chi connectivity index (χ0n) is 9.24. The number of hydrogen-bond acceptors (Lipinski definition) is 5. The van der Waals surface area contributed by atoms with Gasteiger partial charge in [0.25, 0.3) is 5.56 Å². The van der Waals surface area contributed by atoms with Crippen molar-refractivity contribution in [2.75, 3.05) is 5.73 Å². The minimum absolute atomic E-state index is 0.0407. The predicted molar refractivity (Wildman–Crippen MR) is 72.0 cm³/mol. The van der Waals surface area contributed by atoms with Crippen LogP contribution in [0.4, 0.5) is 5.95 Å². The average molecular weight is 282 g/mol. The Morgan fingerprint density at radius 2 is 2.17 bits per heavy atom. The monoisotopic (exact) mass is 281 g/mol. The number of H-pyrrole nitrogens is 2. The molecule has 92 valence electrons. The molecule has 6 nitrogen and oxygen atoms in total. The highest BCUT2D eigenvalue weighted by Crippen LogP contribution is 2.35. The maximum absolute atomic E-state index is 11.7. The molecule has 0 aliphatic rings. The maximum Gasteiger partial charge on any atom is 0.278 e. The first-order chi connectivity index (χ1) is 8.56. The average Bonchev–Trinajstić information content (AvgIpc) is 2.84. The summed E-state index contributed by atoms with van der Waals surface area (Å²) in [4.78, 5) is 26.0. The van der Waals surface area contributed by atoms with Crippen molar-refractivity contribution in [1.82, 2.24) is 19.9 Å². The molecule has 0 unspecified atom stereocenters. The minimum atomic E-state index is -0.347. The van der Waals surface area contributed by atoms with Gasteiger partial charge in [-0.1, -0.05) is 11.6 Å². The van der Waals surface area contributed by atoms with Crippen molar-refractivity contribution >= 4 is 40.0 Å². The van der Waals surface area contributed by atoms with E-state index in [-0.39, 0.29) is 17.2 Å². The summed E-state index contributed by atoms with van der Waals surface area (Å²) in [6.07, 6.45) is 0. The van der Waals surface area contributed by atoms with Gasteiger partial charge in [-0.15, -0.1) is 11.3 Å². The predicted octanol–water partition coefficient (Wildman–Crippen LogP) is 1.92. The van der Waals surface area contributed by atoms with Gasteiger partial charge in [-0.3, -0.25) is 9.78 Å². The zero-order chi connectivity index (χ0) is 12.9. The number of nitrogens with zero attached hydrogens (tertiary/aromatic N) is 2. The van der Waals surface area contributed by atoms with Gasteiger partial charge in [-0.25, -0.2) is 4.98 Å². The minimum Gasteiger partial charge on any atom is -0.369 e. The Morgan fingerprint density at radius 3 is 2.83 bits per heavy atom. The first-order valence-corrected chi connectivity index (χ1v) is 6.31. The van der Waals surface area contributed by atoms with Gasteiger partial charge < -0.3 is 10.7 Å². The summed E-state index contributed by atoms with van der Waals surface area (Å²) in [7, 11) is 0. The normalized spacial score (nSPS) is 11.2. The fourth-order valence-corrected chi connectivity index (χ4v) is 2.85. The van der Waals surface area contributed by atoms with Crippen LogP contribution in [0.25, 0.3) is 21.9 Å². The molecule has 0 aromatic carbocycles. The third-order valence-corrected chi connectivity index (χ3v) is 4.20. The van der Waals surface area contributed by atoms with Crippen molar-refractivity contribution in [2.45, 2.75) is 6.92 Å². The van der Waals surface area contributed by atoms with Gasteiger partial charge in [-0.2, -0.15) is 4.98 Å². The quantitative estimate of drug-likeness (QED) is 0.634. The van der Waals surface area contributed by atoms with Crippen molar-refractivity contribution in [3.05, 3.63) is 26.3 Å². The van der Waals surface area contributed by atoms with Gasteiger partial charge in [-0.05, 0) is 17.9 Å². The van der Waals surface area contributed by atoms with Gasteiger partial charge in [0.15, 0.2) is 17.0 Å². The molecule has 0 aliphatic carbocycles. The molecule has 3 rings (SSSR count). The molecular weight excluding hydrogens is 274 g/mol. The van der Waals surface area contributed by atoms with Crippen molar-refractivity contribution in [3.63, 3.8) is 0 Å². The number of thiophene rings is 1. The van der Waals surface area contributed by atoms with E-state index < -0.39 is 0 Å². The Balaban J connectivity index is 2.29. The number of nitrogens with two attached hydrogens (primary N) is 1. The van der Waals surface area contributed by atoms with E-state index in [0.29, 0.717) is 16.4 Å². The van der Waals surface area contributed by atoms with Crippen LogP contribution in [0.5, 0.6) is 0 Å². The van der Waals surface area contributed by atoms with E-state index in [0.717, 1.165) is 10.4 Å². The Labute approximate surface area is 110 Å². The van der Waals surface area contributed by atoms with E-state index in [2.05, 4.69) is 19.9 Å². The van der Waals surface area contributed by atoms with Crippen LogP contribution in [0, 0.1) is 6.92 Å². The lowest BCUT2D eigenvalue weighted by Gasteiger charge is -1.91. The highest BCUT2D eigenvalue weighted by molar-refractivity contribution is 7.14. The number of aryl methyl sites for hydroxylation is 1. The summed E-state index contributed by atoms with van der Waals surface area (Å²) in [5.74, 6) is 0.565. The summed E-state index contributed by atoms with van der Waals surface area (Å²) in [6, 6.07) is 0. The highest BCUT2D eigenvalue weighted by atomic mass is 35.5. The van der Waals surface area contributed by atoms with E-state index >= 15 is 0 Å². The number of aromatic nitrogens is 4. The first-order valence-electron chi connectivity index (χ1n) is 5.05. The van der Waals surface area contributed by atoms with Crippen molar-refractivity contribution < 1.29 is 0 Å². The molecule has 0 aliphatic heterocycles. The number of halogens is 1. The highest BCUT2D eigenvalue weighted by Gasteiger charge is 2.15. The number of fused-ring (bicyclic) bond motifs is 1. The topological polar surface area (TPSA) is 100 Å². The number of hydrogen-bond donors (Lipinski definition) is 3. The summed E-state index contributed by atoms with van der Waals surface area (Å²) in [5.41, 5.74) is 6.67. The maximum atomic E-state index is 11.7. The van der Waals surface area contributed by atoms with Crippen LogP contribution >= 0.6 is 22.9 Å². The van der Waals surface area contributed by atoms with Crippen LogP contribution in [0.3, 0.4) is 0 Å². The Hall–Kier alpha value is -1.86. The van der Waals surface area contributed by atoms with Crippen LogP contribution in [0.2, 0.25) is 5.02 Å². The fourth-order valence-electron chi connectivity index (χ4n) is 1.62. The lowest BCUT2D eigenvalue weighted by atomic mass is 10.3.